The first-order valence-electron chi connectivity index (χ1n) is 14.5. The third kappa shape index (κ3) is 4.51. The maximum Gasteiger partial charge on any atom is 0.315 e. The molecule has 0 saturated heterocycles. The Kier molecular flexibility index (Phi) is 6.02. The van der Waals surface area contributed by atoms with Crippen molar-refractivity contribution in [2.75, 3.05) is 0 Å². The molecule has 1 saturated carbocycles. The number of amides is 1. The van der Waals surface area contributed by atoms with Crippen LogP contribution < -0.4 is 5.32 Å². The minimum atomic E-state index is -0.314. The molecule has 1 aromatic carbocycles. The van der Waals surface area contributed by atoms with Crippen molar-refractivity contribution in [2.24, 2.45) is 0 Å². The van der Waals surface area contributed by atoms with E-state index in [9.17, 15) is 4.79 Å². The molecule has 10 heteroatoms. The molecular weight excluding hydrogens is 516 g/mol. The summed E-state index contributed by atoms with van der Waals surface area (Å²) in [5, 5.41) is 11.8. The minimum Gasteiger partial charge on any atom is -0.341 e. The molecule has 10 nitrogen and oxygen atoms in total. The lowest BCUT2D eigenvalue weighted by atomic mass is 9.94. The number of benzene rings is 1. The Hall–Kier alpha value is -4.34. The quantitative estimate of drug-likeness (QED) is 0.248. The summed E-state index contributed by atoms with van der Waals surface area (Å²) in [4.78, 5) is 30.4. The summed E-state index contributed by atoms with van der Waals surface area (Å²) in [6, 6.07) is 8.67. The van der Waals surface area contributed by atoms with Gasteiger partial charge in [-0.05, 0) is 75.6 Å². The zero-order valence-electron chi connectivity index (χ0n) is 23.9. The molecule has 1 fully saturated rings. The van der Waals surface area contributed by atoms with Crippen molar-refractivity contribution < 1.29 is 9.32 Å². The molecule has 1 unspecified atom stereocenters. The van der Waals surface area contributed by atoms with Crippen LogP contribution in [0, 0.1) is 6.92 Å². The molecule has 0 aliphatic heterocycles. The fraction of sp³-hybridized carbons (Fsp3) is 0.419. The maximum absolute atomic E-state index is 13.1. The normalized spacial score (nSPS) is 17.9. The third-order valence-corrected chi connectivity index (χ3v) is 8.66. The molecule has 4 heterocycles. The molecule has 0 bridgehead atoms. The largest absolute Gasteiger partial charge is 0.341 e. The first kappa shape index (κ1) is 25.6. The van der Waals surface area contributed by atoms with E-state index in [1.807, 2.05) is 23.1 Å². The summed E-state index contributed by atoms with van der Waals surface area (Å²) < 4.78 is 7.33. The molecule has 7 rings (SSSR count). The lowest BCUT2D eigenvalue weighted by Gasteiger charge is -2.19. The molecule has 4 aromatic heterocycles. The lowest BCUT2D eigenvalue weighted by Crippen LogP contribution is -2.29. The average Bonchev–Trinajstić information content (AvgIpc) is 3.30. The van der Waals surface area contributed by atoms with Crippen molar-refractivity contribution in [1.82, 2.24) is 40.2 Å². The van der Waals surface area contributed by atoms with E-state index in [-0.39, 0.29) is 29.3 Å². The zero-order chi connectivity index (χ0) is 28.3. The van der Waals surface area contributed by atoms with Gasteiger partial charge in [0.25, 0.3) is 0 Å². The van der Waals surface area contributed by atoms with Crippen molar-refractivity contribution in [1.29, 1.82) is 0 Å². The summed E-state index contributed by atoms with van der Waals surface area (Å²) in [6.45, 7) is 8.40. The summed E-state index contributed by atoms with van der Waals surface area (Å²) in [7, 11) is 0. The van der Waals surface area contributed by atoms with E-state index in [0.29, 0.717) is 5.82 Å². The molecule has 0 spiro atoms. The van der Waals surface area contributed by atoms with Gasteiger partial charge in [-0.2, -0.15) is 10.1 Å². The number of fused-ring (bicyclic) bond motifs is 2. The van der Waals surface area contributed by atoms with Gasteiger partial charge in [-0.1, -0.05) is 36.7 Å². The highest BCUT2D eigenvalue weighted by Crippen LogP contribution is 2.46. The van der Waals surface area contributed by atoms with Gasteiger partial charge >= 0.3 is 11.8 Å². The van der Waals surface area contributed by atoms with E-state index in [4.69, 9.17) is 9.51 Å². The van der Waals surface area contributed by atoms with E-state index in [0.717, 1.165) is 83.5 Å². The molecule has 1 atom stereocenters. The number of H-pyrrole nitrogens is 1. The van der Waals surface area contributed by atoms with Crippen molar-refractivity contribution in [3.63, 3.8) is 0 Å². The first-order valence-corrected chi connectivity index (χ1v) is 14.5. The number of aryl methyl sites for hydroxylation is 1. The highest BCUT2D eigenvalue weighted by atomic mass is 16.5. The van der Waals surface area contributed by atoms with Crippen molar-refractivity contribution in [3.8, 4) is 22.5 Å². The Morgan fingerprint density at radius 1 is 1.17 bits per heavy atom. The summed E-state index contributed by atoms with van der Waals surface area (Å²) in [5.74, 6) is 1.12. The number of aromatic nitrogens is 7. The topological polar surface area (TPSA) is 127 Å². The second-order valence-electron chi connectivity index (χ2n) is 12.0. The van der Waals surface area contributed by atoms with Gasteiger partial charge in [-0.3, -0.25) is 9.48 Å². The number of hydrogen-bond donors (Lipinski definition) is 2. The number of nitrogens with one attached hydrogen (secondary N) is 2. The highest BCUT2D eigenvalue weighted by molar-refractivity contribution is 5.92. The molecule has 1 amide bonds. The third-order valence-electron chi connectivity index (χ3n) is 8.66. The van der Waals surface area contributed by atoms with E-state index in [1.165, 1.54) is 5.56 Å². The van der Waals surface area contributed by atoms with Crippen LogP contribution in [0.25, 0.3) is 33.7 Å². The van der Waals surface area contributed by atoms with Gasteiger partial charge in [0, 0.05) is 28.9 Å². The van der Waals surface area contributed by atoms with Crippen LogP contribution in [0.3, 0.4) is 0 Å². The van der Waals surface area contributed by atoms with Gasteiger partial charge in [0.15, 0.2) is 11.5 Å². The number of carbonyl (C=O) groups excluding carboxylic acids is 1. The van der Waals surface area contributed by atoms with E-state index < -0.39 is 0 Å². The number of carbonyl (C=O) groups is 1. The Morgan fingerprint density at radius 3 is 2.80 bits per heavy atom. The smallest absolute Gasteiger partial charge is 0.315 e. The molecule has 41 heavy (non-hydrogen) atoms. The summed E-state index contributed by atoms with van der Waals surface area (Å²) in [6.07, 6.45) is 9.63. The first-order chi connectivity index (χ1) is 19.8. The zero-order valence-corrected chi connectivity index (χ0v) is 23.9. The number of aromatic amines is 1. The second kappa shape index (κ2) is 9.64. The van der Waals surface area contributed by atoms with Gasteiger partial charge < -0.3 is 14.8 Å². The van der Waals surface area contributed by atoms with E-state index >= 15 is 0 Å². The van der Waals surface area contributed by atoms with E-state index in [2.05, 4.69) is 76.4 Å². The molecule has 0 radical (unpaired) electrons. The van der Waals surface area contributed by atoms with Gasteiger partial charge in [0.2, 0.25) is 0 Å². The number of nitrogens with zero attached hydrogens (tertiary/aromatic N) is 6. The summed E-state index contributed by atoms with van der Waals surface area (Å²) in [5.41, 5.74) is 8.04. The summed E-state index contributed by atoms with van der Waals surface area (Å²) >= 11 is 0. The number of hydrogen-bond acceptors (Lipinski definition) is 7. The molecule has 2 aliphatic rings. The standard InChI is InChI=1S/C31H34N8O2/c1-17(2)39-18(3)23(16-33-39)26-35-25-22(11-14-32-27(25)36-26)20-9-10-21-19(15-20)7-5-6-8-24(21)34-28(40)29-37-30(38-41-29)31(4)12-13-31/h9-11,14-17,24H,5-8,12-13H2,1-4H3,(H,34,40)(H,32,35,36). The molecule has 210 valence electrons. The van der Waals surface area contributed by atoms with Gasteiger partial charge in [-0.15, -0.1) is 0 Å². The number of pyridine rings is 1. The predicted molar refractivity (Wildman–Crippen MR) is 154 cm³/mol. The Balaban J connectivity index is 1.19. The minimum absolute atomic E-state index is 0.0400. The van der Waals surface area contributed by atoms with Crippen LogP contribution in [-0.2, 0) is 11.8 Å². The van der Waals surface area contributed by atoms with E-state index in [1.54, 1.807) is 0 Å². The predicted octanol–water partition coefficient (Wildman–Crippen LogP) is 6.01. The Morgan fingerprint density at radius 2 is 2.02 bits per heavy atom. The number of imidazole rings is 1. The maximum atomic E-state index is 13.1. The van der Waals surface area contributed by atoms with Crippen LogP contribution in [0.4, 0.5) is 0 Å². The van der Waals surface area contributed by atoms with Gasteiger partial charge in [0.1, 0.15) is 11.3 Å². The fourth-order valence-corrected chi connectivity index (χ4v) is 5.94. The Bertz CT molecular complexity index is 1770. The molecule has 5 aromatic rings. The lowest BCUT2D eigenvalue weighted by molar-refractivity contribution is 0.0890. The van der Waals surface area contributed by atoms with Crippen molar-refractivity contribution in [3.05, 3.63) is 65.2 Å². The van der Waals surface area contributed by atoms with Crippen LogP contribution in [0.1, 0.15) is 98.3 Å². The average molecular weight is 551 g/mol. The molecule has 2 N–H and O–H groups in total. The second-order valence-corrected chi connectivity index (χ2v) is 12.0. The Labute approximate surface area is 238 Å². The molecule has 2 aliphatic carbocycles. The van der Waals surface area contributed by atoms with Crippen LogP contribution in [0.15, 0.2) is 41.2 Å². The van der Waals surface area contributed by atoms with Crippen molar-refractivity contribution >= 4 is 17.1 Å². The number of rotatable bonds is 6. The highest BCUT2D eigenvalue weighted by Gasteiger charge is 2.44. The van der Waals surface area contributed by atoms with Crippen LogP contribution in [0.5, 0.6) is 0 Å². The van der Waals surface area contributed by atoms with Crippen LogP contribution in [0.2, 0.25) is 0 Å². The molecular formula is C31H34N8O2. The SMILES string of the molecule is Cc1c(-c2nc3c(-c4ccc5c(c4)CCCCC5NC(=O)c4nc(C5(C)CC5)no4)ccnc3[nH]2)cnn1C(C)C. The van der Waals surface area contributed by atoms with Crippen LogP contribution in [-0.4, -0.2) is 40.8 Å². The van der Waals surface area contributed by atoms with Gasteiger partial charge in [0.05, 0.1) is 17.8 Å². The monoisotopic (exact) mass is 550 g/mol. The van der Waals surface area contributed by atoms with Crippen molar-refractivity contribution in [2.45, 2.75) is 83.7 Å². The van der Waals surface area contributed by atoms with Gasteiger partial charge in [-0.25, -0.2) is 9.97 Å². The fourth-order valence-electron chi connectivity index (χ4n) is 5.94. The van der Waals surface area contributed by atoms with Crippen LogP contribution >= 0.6 is 0 Å².